The van der Waals surface area contributed by atoms with Gasteiger partial charge in [-0.3, -0.25) is 4.21 Å². The maximum atomic E-state index is 11.0. The second kappa shape index (κ2) is 7.72. The highest BCUT2D eigenvalue weighted by Crippen LogP contribution is 2.23. The first-order valence-electron chi connectivity index (χ1n) is 5.90. The first-order valence-corrected chi connectivity index (χ1v) is 8.62. The van der Waals surface area contributed by atoms with E-state index in [0.29, 0.717) is 16.8 Å². The van der Waals surface area contributed by atoms with Crippen molar-refractivity contribution in [1.82, 2.24) is 5.32 Å². The molecule has 0 aliphatic carbocycles. The second-order valence-electron chi connectivity index (χ2n) is 5.46. The van der Waals surface area contributed by atoms with Crippen LogP contribution in [0.15, 0.2) is 0 Å². The molecule has 0 saturated carbocycles. The van der Waals surface area contributed by atoms with Gasteiger partial charge in [-0.25, -0.2) is 0 Å². The summed E-state index contributed by atoms with van der Waals surface area (Å²) >= 11 is 1.99. The van der Waals surface area contributed by atoms with E-state index >= 15 is 0 Å². The van der Waals surface area contributed by atoms with Crippen molar-refractivity contribution in [3.05, 3.63) is 0 Å². The van der Waals surface area contributed by atoms with Crippen molar-refractivity contribution < 1.29 is 4.21 Å². The van der Waals surface area contributed by atoms with Gasteiger partial charge in [-0.2, -0.15) is 11.8 Å². The summed E-state index contributed by atoms with van der Waals surface area (Å²) in [6, 6.07) is 0.976. The van der Waals surface area contributed by atoms with Crippen LogP contribution in [-0.4, -0.2) is 38.8 Å². The minimum atomic E-state index is -0.664. The lowest BCUT2D eigenvalue weighted by molar-refractivity contribution is 0.484. The van der Waals surface area contributed by atoms with Crippen LogP contribution in [0.2, 0.25) is 0 Å². The van der Waals surface area contributed by atoms with Crippen LogP contribution >= 0.6 is 11.8 Å². The Morgan fingerprint density at radius 2 is 1.81 bits per heavy atom. The fourth-order valence-electron chi connectivity index (χ4n) is 1.33. The van der Waals surface area contributed by atoms with Crippen molar-refractivity contribution >= 4 is 22.6 Å². The molecule has 0 bridgehead atoms. The van der Waals surface area contributed by atoms with E-state index in [-0.39, 0.29) is 0 Å². The SMILES string of the molecule is CC(CCS(C)=O)NC(C)CSC(C)(C)C. The molecule has 98 valence electrons. The Balaban J connectivity index is 3.69. The third kappa shape index (κ3) is 11.0. The summed E-state index contributed by atoms with van der Waals surface area (Å²) < 4.78 is 11.3. The first-order chi connectivity index (χ1) is 7.20. The van der Waals surface area contributed by atoms with Gasteiger partial charge in [0.2, 0.25) is 0 Å². The number of thioether (sulfide) groups is 1. The fourth-order valence-corrected chi connectivity index (χ4v) is 2.87. The first kappa shape index (κ1) is 16.5. The Kier molecular flexibility index (Phi) is 7.94. The predicted molar refractivity (Wildman–Crippen MR) is 77.8 cm³/mol. The highest BCUT2D eigenvalue weighted by Gasteiger charge is 2.14. The summed E-state index contributed by atoms with van der Waals surface area (Å²) in [4.78, 5) is 0. The van der Waals surface area contributed by atoms with Crippen LogP contribution in [0.5, 0.6) is 0 Å². The van der Waals surface area contributed by atoms with Crippen LogP contribution in [0.3, 0.4) is 0 Å². The summed E-state index contributed by atoms with van der Waals surface area (Å²) in [6.45, 7) is 11.1. The Bertz CT molecular complexity index is 214. The smallest absolute Gasteiger partial charge is 0.0246 e. The third-order valence-corrected chi connectivity index (χ3v) is 4.52. The Labute approximate surface area is 108 Å². The molecule has 0 rings (SSSR count). The van der Waals surface area contributed by atoms with Gasteiger partial charge in [0.15, 0.2) is 0 Å². The number of hydrogen-bond acceptors (Lipinski definition) is 3. The van der Waals surface area contributed by atoms with E-state index in [1.165, 1.54) is 0 Å². The highest BCUT2D eigenvalue weighted by molar-refractivity contribution is 8.00. The van der Waals surface area contributed by atoms with E-state index in [0.717, 1.165) is 17.9 Å². The van der Waals surface area contributed by atoms with Gasteiger partial charge in [-0.15, -0.1) is 0 Å². The third-order valence-electron chi connectivity index (χ3n) is 2.17. The molecular formula is C12H27NOS2. The molecule has 2 nitrogen and oxygen atoms in total. The fraction of sp³-hybridized carbons (Fsp3) is 1.00. The van der Waals surface area contributed by atoms with Crippen LogP contribution in [0.4, 0.5) is 0 Å². The molecule has 0 heterocycles. The van der Waals surface area contributed by atoms with Crippen molar-refractivity contribution in [3.8, 4) is 0 Å². The number of hydrogen-bond donors (Lipinski definition) is 1. The van der Waals surface area contributed by atoms with E-state index in [1.54, 1.807) is 6.26 Å². The second-order valence-corrected chi connectivity index (χ2v) is 8.86. The van der Waals surface area contributed by atoms with Gasteiger partial charge in [-0.1, -0.05) is 20.8 Å². The van der Waals surface area contributed by atoms with Gasteiger partial charge in [0, 0.05) is 45.4 Å². The van der Waals surface area contributed by atoms with Crippen molar-refractivity contribution in [2.75, 3.05) is 17.8 Å². The van der Waals surface area contributed by atoms with E-state index in [2.05, 4.69) is 39.9 Å². The van der Waals surface area contributed by atoms with Crippen molar-refractivity contribution in [2.45, 2.75) is 57.9 Å². The van der Waals surface area contributed by atoms with Gasteiger partial charge in [0.25, 0.3) is 0 Å². The van der Waals surface area contributed by atoms with E-state index in [1.807, 2.05) is 11.8 Å². The summed E-state index contributed by atoms with van der Waals surface area (Å²) in [5.74, 6) is 1.93. The minimum Gasteiger partial charge on any atom is -0.311 e. The minimum absolute atomic E-state index is 0.337. The molecular weight excluding hydrogens is 238 g/mol. The maximum Gasteiger partial charge on any atom is 0.0246 e. The molecule has 0 spiro atoms. The lowest BCUT2D eigenvalue weighted by Crippen LogP contribution is -2.37. The lowest BCUT2D eigenvalue weighted by atomic mass is 10.2. The van der Waals surface area contributed by atoms with E-state index < -0.39 is 10.8 Å². The normalized spacial score (nSPS) is 18.1. The number of rotatable bonds is 7. The van der Waals surface area contributed by atoms with Crippen LogP contribution < -0.4 is 5.32 Å². The molecule has 0 aromatic heterocycles. The average Bonchev–Trinajstić information content (AvgIpc) is 2.10. The molecule has 1 N–H and O–H groups in total. The molecule has 16 heavy (non-hydrogen) atoms. The largest absolute Gasteiger partial charge is 0.311 e. The standard InChI is InChI=1S/C12H27NOS2/c1-10(7-8-16(6)14)13-11(2)9-15-12(3,4)5/h10-11,13H,7-9H2,1-6H3. The predicted octanol–water partition coefficient (Wildman–Crippen LogP) is 2.65. The molecule has 0 aliphatic rings. The molecule has 3 atom stereocenters. The van der Waals surface area contributed by atoms with Gasteiger partial charge in [0.05, 0.1) is 0 Å². The summed E-state index contributed by atoms with van der Waals surface area (Å²) in [7, 11) is -0.664. The van der Waals surface area contributed by atoms with Crippen LogP contribution in [-0.2, 0) is 10.8 Å². The maximum absolute atomic E-state index is 11.0. The van der Waals surface area contributed by atoms with E-state index in [9.17, 15) is 4.21 Å². The Morgan fingerprint density at radius 3 is 2.25 bits per heavy atom. The zero-order valence-corrected chi connectivity index (χ0v) is 13.1. The average molecular weight is 265 g/mol. The van der Waals surface area contributed by atoms with Gasteiger partial charge in [-0.05, 0) is 20.3 Å². The molecule has 4 heteroatoms. The van der Waals surface area contributed by atoms with Crippen molar-refractivity contribution in [3.63, 3.8) is 0 Å². The molecule has 0 amide bonds. The Hall–Kier alpha value is 0.460. The van der Waals surface area contributed by atoms with Crippen LogP contribution in [0, 0.1) is 0 Å². The van der Waals surface area contributed by atoms with Gasteiger partial charge in [0.1, 0.15) is 0 Å². The quantitative estimate of drug-likeness (QED) is 0.767. The van der Waals surface area contributed by atoms with E-state index in [4.69, 9.17) is 0 Å². The summed E-state index contributed by atoms with van der Waals surface area (Å²) in [5, 5.41) is 3.55. The molecule has 0 saturated heterocycles. The molecule has 0 aromatic carbocycles. The van der Waals surface area contributed by atoms with Gasteiger partial charge < -0.3 is 5.32 Å². The monoisotopic (exact) mass is 265 g/mol. The zero-order valence-electron chi connectivity index (χ0n) is 11.5. The van der Waals surface area contributed by atoms with Gasteiger partial charge >= 0.3 is 0 Å². The molecule has 0 aromatic rings. The van der Waals surface area contributed by atoms with Crippen molar-refractivity contribution in [1.29, 1.82) is 0 Å². The molecule has 0 fully saturated rings. The van der Waals surface area contributed by atoms with Crippen LogP contribution in [0.1, 0.15) is 41.0 Å². The molecule has 0 aliphatic heterocycles. The lowest BCUT2D eigenvalue weighted by Gasteiger charge is -2.24. The van der Waals surface area contributed by atoms with Crippen LogP contribution in [0.25, 0.3) is 0 Å². The van der Waals surface area contributed by atoms with Crippen molar-refractivity contribution in [2.24, 2.45) is 0 Å². The summed E-state index contributed by atoms with van der Waals surface area (Å²) in [6.07, 6.45) is 2.76. The zero-order chi connectivity index (χ0) is 12.8. The molecule has 0 radical (unpaired) electrons. The summed E-state index contributed by atoms with van der Waals surface area (Å²) in [5.41, 5.74) is 0. The Morgan fingerprint density at radius 1 is 1.25 bits per heavy atom. The molecule has 3 unspecified atom stereocenters. The highest BCUT2D eigenvalue weighted by atomic mass is 32.2. The number of nitrogens with one attached hydrogen (secondary N) is 1. The topological polar surface area (TPSA) is 29.1 Å².